The Morgan fingerprint density at radius 3 is 2.38 bits per heavy atom. The summed E-state index contributed by atoms with van der Waals surface area (Å²) in [4.78, 5) is 2.07. The van der Waals surface area contributed by atoms with Crippen LogP contribution < -0.4 is 0 Å². The highest BCUT2D eigenvalue weighted by Crippen LogP contribution is 2.26. The quantitative estimate of drug-likeness (QED) is 0.670. The molecule has 1 rings (SSSR count). The molecule has 0 N–H and O–H groups in total. The summed E-state index contributed by atoms with van der Waals surface area (Å²) in [5.74, 6) is 0.447. The molecule has 0 aromatic rings. The van der Waals surface area contributed by atoms with Crippen LogP contribution in [0.3, 0.4) is 0 Å². The molecule has 3 atom stereocenters. The Hall–Kier alpha value is -0.150. The fourth-order valence-corrected chi connectivity index (χ4v) is 2.22. The van der Waals surface area contributed by atoms with E-state index in [1.165, 1.54) is 0 Å². The molecule has 78 valence electrons. The molecule has 0 amide bonds. The molecular formula is C10H20FNO. The number of nitrogens with zero attached hydrogens (tertiary/aromatic N) is 1. The second-order valence-corrected chi connectivity index (χ2v) is 4.28. The Kier molecular flexibility index (Phi) is 3.68. The van der Waals surface area contributed by atoms with Gasteiger partial charge in [-0.05, 0) is 19.4 Å². The Bertz CT molecular complexity index is 163. The average molecular weight is 189 g/mol. The molecule has 13 heavy (non-hydrogen) atoms. The van der Waals surface area contributed by atoms with Crippen LogP contribution in [0.25, 0.3) is 0 Å². The summed E-state index contributed by atoms with van der Waals surface area (Å²) in [6.07, 6.45) is 0.102. The molecule has 3 heteroatoms. The fraction of sp³-hybridized carbons (Fsp3) is 1.00. The van der Waals surface area contributed by atoms with Crippen molar-refractivity contribution < 1.29 is 9.13 Å². The number of likely N-dealkylation sites (N-methyl/N-ethyl adjacent to an activating group) is 1. The molecule has 0 aromatic heterocycles. The normalized spacial score (nSPS) is 32.8. The highest BCUT2D eigenvalue weighted by molar-refractivity contribution is 4.89. The van der Waals surface area contributed by atoms with E-state index in [4.69, 9.17) is 4.74 Å². The van der Waals surface area contributed by atoms with Gasteiger partial charge >= 0.3 is 0 Å². The van der Waals surface area contributed by atoms with Crippen molar-refractivity contribution in [3.63, 3.8) is 0 Å². The van der Waals surface area contributed by atoms with Crippen molar-refractivity contribution in [1.82, 2.24) is 4.90 Å². The van der Waals surface area contributed by atoms with Crippen LogP contribution in [0.1, 0.15) is 20.3 Å². The van der Waals surface area contributed by atoms with Crippen LogP contribution in [0.5, 0.6) is 0 Å². The van der Waals surface area contributed by atoms with Crippen molar-refractivity contribution in [2.45, 2.75) is 38.6 Å². The maximum absolute atomic E-state index is 13.1. The zero-order valence-corrected chi connectivity index (χ0v) is 8.96. The summed E-state index contributed by atoms with van der Waals surface area (Å²) < 4.78 is 18.5. The van der Waals surface area contributed by atoms with Gasteiger partial charge in [-0.3, -0.25) is 4.90 Å². The second kappa shape index (κ2) is 4.38. The van der Waals surface area contributed by atoms with Crippen molar-refractivity contribution in [3.05, 3.63) is 0 Å². The lowest BCUT2D eigenvalue weighted by molar-refractivity contribution is 0.00783. The lowest BCUT2D eigenvalue weighted by Crippen LogP contribution is -2.40. The first kappa shape index (κ1) is 10.9. The molecule has 0 aliphatic carbocycles. The van der Waals surface area contributed by atoms with Crippen molar-refractivity contribution in [1.29, 1.82) is 0 Å². The Balaban J connectivity index is 2.58. The third-order valence-corrected chi connectivity index (χ3v) is 2.86. The largest absolute Gasteiger partial charge is 0.380 e. The van der Waals surface area contributed by atoms with Crippen LogP contribution >= 0.6 is 0 Å². The van der Waals surface area contributed by atoms with Gasteiger partial charge in [0.25, 0.3) is 0 Å². The number of likely N-dealkylation sites (tertiary alicyclic amines) is 1. The van der Waals surface area contributed by atoms with E-state index in [9.17, 15) is 4.39 Å². The minimum absolute atomic E-state index is 0.158. The molecule has 0 bridgehead atoms. The van der Waals surface area contributed by atoms with Gasteiger partial charge in [-0.2, -0.15) is 0 Å². The molecule has 1 aliphatic heterocycles. The molecule has 0 radical (unpaired) electrons. The topological polar surface area (TPSA) is 12.5 Å². The summed E-state index contributed by atoms with van der Waals surface area (Å²) in [6.45, 7) is 4.79. The van der Waals surface area contributed by atoms with Crippen LogP contribution in [0.15, 0.2) is 0 Å². The Morgan fingerprint density at radius 2 is 2.08 bits per heavy atom. The van der Waals surface area contributed by atoms with Gasteiger partial charge in [0.05, 0.1) is 6.10 Å². The van der Waals surface area contributed by atoms with Gasteiger partial charge in [0, 0.05) is 19.7 Å². The zero-order valence-electron chi connectivity index (χ0n) is 8.96. The number of alkyl halides is 1. The smallest absolute Gasteiger partial charge is 0.114 e. The monoisotopic (exact) mass is 189 g/mol. The minimum Gasteiger partial charge on any atom is -0.380 e. The molecule has 0 aromatic carbocycles. The Morgan fingerprint density at radius 1 is 1.46 bits per heavy atom. The number of rotatable bonds is 3. The lowest BCUT2D eigenvalue weighted by atomic mass is 9.97. The lowest BCUT2D eigenvalue weighted by Gasteiger charge is -2.30. The molecule has 3 unspecified atom stereocenters. The van der Waals surface area contributed by atoms with E-state index in [0.717, 1.165) is 0 Å². The molecule has 1 saturated heterocycles. The SMILES string of the molecule is COC(C(C)C)C1CC(F)CN1C. The standard InChI is InChI=1S/C10H20FNO/c1-7(2)10(13-4)9-5-8(11)6-12(9)3/h7-10H,5-6H2,1-4H3. The second-order valence-electron chi connectivity index (χ2n) is 4.28. The van der Waals surface area contributed by atoms with E-state index in [-0.39, 0.29) is 12.1 Å². The van der Waals surface area contributed by atoms with Gasteiger partial charge in [0.2, 0.25) is 0 Å². The minimum atomic E-state index is -0.675. The first-order chi connectivity index (χ1) is 6.06. The van der Waals surface area contributed by atoms with Gasteiger partial charge in [0.1, 0.15) is 6.17 Å². The molecule has 1 fully saturated rings. The van der Waals surface area contributed by atoms with E-state index in [1.807, 2.05) is 7.05 Å². The summed E-state index contributed by atoms with van der Waals surface area (Å²) >= 11 is 0. The van der Waals surface area contributed by atoms with E-state index < -0.39 is 6.17 Å². The molecule has 2 nitrogen and oxygen atoms in total. The van der Waals surface area contributed by atoms with Crippen molar-refractivity contribution >= 4 is 0 Å². The van der Waals surface area contributed by atoms with Crippen molar-refractivity contribution in [3.8, 4) is 0 Å². The summed E-state index contributed by atoms with van der Waals surface area (Å²) in [7, 11) is 3.68. The summed E-state index contributed by atoms with van der Waals surface area (Å²) in [6, 6.07) is 0.250. The van der Waals surface area contributed by atoms with Crippen LogP contribution in [0, 0.1) is 5.92 Å². The van der Waals surface area contributed by atoms with E-state index in [2.05, 4.69) is 18.7 Å². The highest BCUT2D eigenvalue weighted by Gasteiger charge is 2.36. The number of hydrogen-bond acceptors (Lipinski definition) is 2. The summed E-state index contributed by atoms with van der Waals surface area (Å²) in [5.41, 5.74) is 0. The van der Waals surface area contributed by atoms with Crippen LogP contribution in [0.4, 0.5) is 4.39 Å². The van der Waals surface area contributed by atoms with Gasteiger partial charge in [-0.1, -0.05) is 13.8 Å². The number of hydrogen-bond donors (Lipinski definition) is 0. The number of ether oxygens (including phenoxy) is 1. The zero-order chi connectivity index (χ0) is 10.0. The van der Waals surface area contributed by atoms with Crippen molar-refractivity contribution in [2.24, 2.45) is 5.92 Å². The van der Waals surface area contributed by atoms with Gasteiger partial charge < -0.3 is 4.74 Å². The van der Waals surface area contributed by atoms with E-state index >= 15 is 0 Å². The average Bonchev–Trinajstić information content (AvgIpc) is 2.31. The van der Waals surface area contributed by atoms with Crippen molar-refractivity contribution in [2.75, 3.05) is 20.7 Å². The van der Waals surface area contributed by atoms with Gasteiger partial charge in [-0.25, -0.2) is 4.39 Å². The first-order valence-electron chi connectivity index (χ1n) is 4.93. The molecule has 0 saturated carbocycles. The fourth-order valence-electron chi connectivity index (χ4n) is 2.22. The van der Waals surface area contributed by atoms with Crippen LogP contribution in [-0.4, -0.2) is 43.9 Å². The predicted molar refractivity (Wildman–Crippen MR) is 51.6 cm³/mol. The number of methoxy groups -OCH3 is 1. The Labute approximate surface area is 80.1 Å². The highest BCUT2D eigenvalue weighted by atomic mass is 19.1. The van der Waals surface area contributed by atoms with Gasteiger partial charge in [0.15, 0.2) is 0 Å². The van der Waals surface area contributed by atoms with Gasteiger partial charge in [-0.15, -0.1) is 0 Å². The number of halogens is 1. The first-order valence-corrected chi connectivity index (χ1v) is 4.93. The molecule has 1 aliphatic rings. The third-order valence-electron chi connectivity index (χ3n) is 2.86. The predicted octanol–water partition coefficient (Wildman–Crippen LogP) is 1.70. The van der Waals surface area contributed by atoms with E-state index in [1.54, 1.807) is 7.11 Å². The van der Waals surface area contributed by atoms with Crippen LogP contribution in [-0.2, 0) is 4.74 Å². The molecule has 0 spiro atoms. The van der Waals surface area contributed by atoms with E-state index in [0.29, 0.717) is 18.9 Å². The molecular weight excluding hydrogens is 169 g/mol. The van der Waals surface area contributed by atoms with Crippen LogP contribution in [0.2, 0.25) is 0 Å². The maximum atomic E-state index is 13.1. The molecule has 1 heterocycles. The summed E-state index contributed by atoms with van der Waals surface area (Å²) in [5, 5.41) is 0. The maximum Gasteiger partial charge on any atom is 0.114 e. The third kappa shape index (κ3) is 2.41.